The summed E-state index contributed by atoms with van der Waals surface area (Å²) in [6.45, 7) is 1.96. The minimum Gasteiger partial charge on any atom is -0.479 e. The van der Waals surface area contributed by atoms with Crippen molar-refractivity contribution >= 4 is 12.0 Å². The zero-order chi connectivity index (χ0) is 15.6. The number of H-pyrrole nitrogens is 1. The Morgan fingerprint density at radius 1 is 1.45 bits per heavy atom. The van der Waals surface area contributed by atoms with Gasteiger partial charge in [0, 0.05) is 17.8 Å². The molecular weight excluding hydrogens is 281 g/mol. The number of hydrogen-bond donors (Lipinski definition) is 4. The molecule has 1 heterocycles. The second-order valence-corrected chi connectivity index (χ2v) is 4.26. The van der Waals surface area contributed by atoms with Crippen LogP contribution in [0.1, 0.15) is 18.2 Å². The molecule has 0 aliphatic heterocycles. The van der Waals surface area contributed by atoms with Crippen molar-refractivity contribution in [2.24, 2.45) is 0 Å². The summed E-state index contributed by atoms with van der Waals surface area (Å²) in [6, 6.07) is -1.24. The molecule has 0 radical (unpaired) electrons. The summed E-state index contributed by atoms with van der Waals surface area (Å²) >= 11 is 0. The van der Waals surface area contributed by atoms with Crippen LogP contribution in [0.3, 0.4) is 0 Å². The predicted octanol–water partition coefficient (Wildman–Crippen LogP) is 0.923. The fourth-order valence-corrected chi connectivity index (χ4v) is 1.25. The second-order valence-electron chi connectivity index (χ2n) is 4.26. The van der Waals surface area contributed by atoms with Crippen molar-refractivity contribution in [1.29, 1.82) is 0 Å². The van der Waals surface area contributed by atoms with Gasteiger partial charge in [0.25, 0.3) is 0 Å². The van der Waals surface area contributed by atoms with Gasteiger partial charge in [0.1, 0.15) is 0 Å². The first-order valence-electron chi connectivity index (χ1n) is 5.43. The Balaban J connectivity index is 2.69. The van der Waals surface area contributed by atoms with Gasteiger partial charge in [0.2, 0.25) is 5.54 Å². The highest BCUT2D eigenvalue weighted by atomic mass is 19.4. The number of hydrogen-bond acceptors (Lipinski definition) is 3. The van der Waals surface area contributed by atoms with Crippen LogP contribution in [0, 0.1) is 6.92 Å². The summed E-state index contributed by atoms with van der Waals surface area (Å²) in [6.07, 6.45) is -3.72. The van der Waals surface area contributed by atoms with Gasteiger partial charge < -0.3 is 15.7 Å². The number of carbonyl (C=O) groups is 2. The van der Waals surface area contributed by atoms with E-state index in [4.69, 9.17) is 5.11 Å². The van der Waals surface area contributed by atoms with E-state index in [-0.39, 0.29) is 6.54 Å². The molecule has 20 heavy (non-hydrogen) atoms. The molecular formula is C10H13F3N4O3. The maximum atomic E-state index is 12.7. The van der Waals surface area contributed by atoms with Gasteiger partial charge in [-0.15, -0.1) is 0 Å². The SMILES string of the molecule is Cc1[nH]ncc1CNC(=O)NC(C)(C(=O)O)C(F)(F)F. The Labute approximate surface area is 111 Å². The maximum absolute atomic E-state index is 12.7. The Kier molecular flexibility index (Phi) is 4.26. The Bertz CT molecular complexity index is 514. The number of aromatic nitrogens is 2. The number of carboxylic acids is 1. The van der Waals surface area contributed by atoms with E-state index < -0.39 is 23.7 Å². The minimum absolute atomic E-state index is 0.0816. The van der Waals surface area contributed by atoms with E-state index in [1.807, 2.05) is 0 Å². The second kappa shape index (κ2) is 5.39. The number of aliphatic carboxylic acids is 1. The lowest BCUT2D eigenvalue weighted by atomic mass is 10.0. The fourth-order valence-electron chi connectivity index (χ4n) is 1.25. The standard InChI is InChI=1S/C10H13F3N4O3/c1-5-6(4-15-17-5)3-14-8(20)16-9(2,7(18)19)10(11,12)13/h4H,3H2,1-2H3,(H,15,17)(H,18,19)(H2,14,16,20). The molecule has 0 aliphatic carbocycles. The van der Waals surface area contributed by atoms with E-state index in [1.54, 1.807) is 6.92 Å². The summed E-state index contributed by atoms with van der Waals surface area (Å²) in [5.41, 5.74) is -2.14. The number of carboxylic acid groups (broad SMARTS) is 1. The van der Waals surface area contributed by atoms with Gasteiger partial charge in [-0.05, 0) is 13.8 Å². The van der Waals surface area contributed by atoms with Crippen LogP contribution in [0.15, 0.2) is 6.20 Å². The molecule has 1 atom stereocenters. The van der Waals surface area contributed by atoms with Crippen LogP contribution in [-0.2, 0) is 11.3 Å². The van der Waals surface area contributed by atoms with Gasteiger partial charge in [-0.2, -0.15) is 18.3 Å². The molecule has 2 amide bonds. The largest absolute Gasteiger partial charge is 0.479 e. The van der Waals surface area contributed by atoms with Crippen molar-refractivity contribution in [3.05, 3.63) is 17.5 Å². The third-order valence-corrected chi connectivity index (χ3v) is 2.73. The van der Waals surface area contributed by atoms with Gasteiger partial charge in [-0.25, -0.2) is 9.59 Å². The highest BCUT2D eigenvalue weighted by molar-refractivity contribution is 5.86. The molecule has 112 valence electrons. The highest BCUT2D eigenvalue weighted by Gasteiger charge is 2.58. The average molecular weight is 294 g/mol. The zero-order valence-electron chi connectivity index (χ0n) is 10.6. The molecule has 0 fully saturated rings. The Morgan fingerprint density at radius 3 is 2.45 bits per heavy atom. The molecule has 0 bridgehead atoms. The molecule has 4 N–H and O–H groups in total. The average Bonchev–Trinajstić information content (AvgIpc) is 2.70. The predicted molar refractivity (Wildman–Crippen MR) is 60.8 cm³/mol. The van der Waals surface area contributed by atoms with E-state index >= 15 is 0 Å². The minimum atomic E-state index is -5.12. The van der Waals surface area contributed by atoms with Crippen molar-refractivity contribution in [3.8, 4) is 0 Å². The molecule has 1 aromatic heterocycles. The highest BCUT2D eigenvalue weighted by Crippen LogP contribution is 2.30. The van der Waals surface area contributed by atoms with Crippen molar-refractivity contribution in [1.82, 2.24) is 20.8 Å². The number of aryl methyl sites for hydroxylation is 1. The summed E-state index contributed by atoms with van der Waals surface area (Å²) in [5, 5.41) is 18.4. The van der Waals surface area contributed by atoms with Gasteiger partial charge in [0.15, 0.2) is 0 Å². The van der Waals surface area contributed by atoms with E-state index in [0.29, 0.717) is 18.2 Å². The lowest BCUT2D eigenvalue weighted by Gasteiger charge is -2.28. The van der Waals surface area contributed by atoms with Crippen LogP contribution in [0.2, 0.25) is 0 Å². The van der Waals surface area contributed by atoms with Crippen molar-refractivity contribution in [2.75, 3.05) is 0 Å². The Morgan fingerprint density at radius 2 is 2.05 bits per heavy atom. The van der Waals surface area contributed by atoms with Crippen LogP contribution in [0.5, 0.6) is 0 Å². The number of nitrogens with one attached hydrogen (secondary N) is 3. The molecule has 0 saturated carbocycles. The number of aromatic amines is 1. The lowest BCUT2D eigenvalue weighted by Crippen LogP contribution is -2.63. The zero-order valence-corrected chi connectivity index (χ0v) is 10.6. The maximum Gasteiger partial charge on any atom is 0.422 e. The lowest BCUT2D eigenvalue weighted by molar-refractivity contribution is -0.203. The van der Waals surface area contributed by atoms with Crippen molar-refractivity contribution < 1.29 is 27.9 Å². The number of alkyl halides is 3. The monoisotopic (exact) mass is 294 g/mol. The van der Waals surface area contributed by atoms with Gasteiger partial charge in [-0.1, -0.05) is 0 Å². The number of urea groups is 1. The van der Waals surface area contributed by atoms with Crippen LogP contribution in [-0.4, -0.2) is 39.0 Å². The quantitative estimate of drug-likeness (QED) is 0.662. The summed E-state index contributed by atoms with van der Waals surface area (Å²) in [4.78, 5) is 22.1. The number of carbonyl (C=O) groups excluding carboxylic acids is 1. The van der Waals surface area contributed by atoms with E-state index in [2.05, 4.69) is 15.5 Å². The topological polar surface area (TPSA) is 107 Å². The molecule has 1 aromatic rings. The van der Waals surface area contributed by atoms with Gasteiger partial charge in [-0.3, -0.25) is 5.10 Å². The summed E-state index contributed by atoms with van der Waals surface area (Å²) in [5.74, 6) is -2.19. The van der Waals surface area contributed by atoms with Crippen molar-refractivity contribution in [3.63, 3.8) is 0 Å². The van der Waals surface area contributed by atoms with E-state index in [9.17, 15) is 22.8 Å². The molecule has 0 aromatic carbocycles. The molecule has 0 saturated heterocycles. The van der Waals surface area contributed by atoms with Crippen LogP contribution in [0.25, 0.3) is 0 Å². The molecule has 1 unspecified atom stereocenters. The number of halogens is 3. The van der Waals surface area contributed by atoms with Gasteiger partial charge >= 0.3 is 18.2 Å². The number of nitrogens with zero attached hydrogens (tertiary/aromatic N) is 1. The van der Waals surface area contributed by atoms with Crippen LogP contribution in [0.4, 0.5) is 18.0 Å². The normalized spacial score (nSPS) is 14.4. The fraction of sp³-hybridized carbons (Fsp3) is 0.500. The van der Waals surface area contributed by atoms with Crippen LogP contribution < -0.4 is 10.6 Å². The first-order valence-corrected chi connectivity index (χ1v) is 5.43. The first kappa shape index (κ1) is 15.8. The van der Waals surface area contributed by atoms with E-state index in [1.165, 1.54) is 11.5 Å². The van der Waals surface area contributed by atoms with E-state index in [0.717, 1.165) is 0 Å². The van der Waals surface area contributed by atoms with Crippen LogP contribution >= 0.6 is 0 Å². The smallest absolute Gasteiger partial charge is 0.422 e. The molecule has 10 heteroatoms. The third-order valence-electron chi connectivity index (χ3n) is 2.73. The number of amides is 2. The van der Waals surface area contributed by atoms with Crippen molar-refractivity contribution in [2.45, 2.75) is 32.1 Å². The van der Waals surface area contributed by atoms with Gasteiger partial charge in [0.05, 0.1) is 6.20 Å². The summed E-state index contributed by atoms with van der Waals surface area (Å²) in [7, 11) is 0. The Hall–Kier alpha value is -2.26. The molecule has 1 rings (SSSR count). The molecule has 0 spiro atoms. The number of rotatable bonds is 4. The first-order chi connectivity index (χ1) is 9.08. The molecule has 7 nitrogen and oxygen atoms in total. The third kappa shape index (κ3) is 3.19. The summed E-state index contributed by atoms with van der Waals surface area (Å²) < 4.78 is 38.0. The molecule has 0 aliphatic rings.